The predicted octanol–water partition coefficient (Wildman–Crippen LogP) is 4.29. The summed E-state index contributed by atoms with van der Waals surface area (Å²) in [6, 6.07) is 7.84. The Balaban J connectivity index is 1.21. The van der Waals surface area contributed by atoms with Crippen LogP contribution in [0.25, 0.3) is 27.8 Å². The Hall–Kier alpha value is -4.45. The van der Waals surface area contributed by atoms with Crippen molar-refractivity contribution in [2.45, 2.75) is 64.0 Å². The number of methoxy groups -OCH3 is 1. The van der Waals surface area contributed by atoms with Gasteiger partial charge in [0.15, 0.2) is 0 Å². The summed E-state index contributed by atoms with van der Waals surface area (Å²) in [4.78, 5) is 45.6. The number of hydrogen-bond donors (Lipinski definition) is 2. The van der Waals surface area contributed by atoms with Gasteiger partial charge in [-0.15, -0.1) is 0 Å². The van der Waals surface area contributed by atoms with Crippen LogP contribution in [0.15, 0.2) is 36.7 Å². The van der Waals surface area contributed by atoms with E-state index >= 15 is 0 Å². The maximum atomic E-state index is 13.5. The molecule has 0 bridgehead atoms. The molecule has 7 rings (SSSR count). The maximum absolute atomic E-state index is 13.5. The number of rotatable bonds is 8. The smallest absolute Gasteiger partial charge is 0.404 e. The normalized spacial score (nSPS) is 19.2. The monoisotopic (exact) mass is 627 g/mol. The topological polar surface area (TPSA) is 134 Å². The summed E-state index contributed by atoms with van der Waals surface area (Å²) in [6.45, 7) is 5.44. The van der Waals surface area contributed by atoms with Crippen LogP contribution in [0.2, 0.25) is 0 Å². The summed E-state index contributed by atoms with van der Waals surface area (Å²) in [5, 5.41) is 17.9. The number of nitrogens with one attached hydrogen (secondary N) is 1. The second-order valence-corrected chi connectivity index (χ2v) is 13.1. The van der Waals surface area contributed by atoms with Gasteiger partial charge in [-0.2, -0.15) is 5.10 Å². The number of carbonyl (C=O) groups is 3. The summed E-state index contributed by atoms with van der Waals surface area (Å²) in [5.41, 5.74) is 6.69. The molecule has 1 unspecified atom stereocenters. The molecule has 3 amide bonds. The number of ether oxygens (including phenoxy) is 1. The molecular weight excluding hydrogens is 586 g/mol. The van der Waals surface area contributed by atoms with E-state index < -0.39 is 6.09 Å². The van der Waals surface area contributed by atoms with Crippen LogP contribution in [0.3, 0.4) is 0 Å². The number of aryl methyl sites for hydroxylation is 1. The highest BCUT2D eigenvalue weighted by atomic mass is 16.5. The van der Waals surface area contributed by atoms with Gasteiger partial charge in [0.05, 0.1) is 28.0 Å². The van der Waals surface area contributed by atoms with E-state index in [0.29, 0.717) is 37.7 Å². The lowest BCUT2D eigenvalue weighted by Gasteiger charge is -2.32. The zero-order valence-corrected chi connectivity index (χ0v) is 26.4. The largest absolute Gasteiger partial charge is 0.465 e. The third-order valence-electron chi connectivity index (χ3n) is 9.88. The van der Waals surface area contributed by atoms with Crippen LogP contribution in [0, 0.1) is 12.8 Å². The lowest BCUT2D eigenvalue weighted by atomic mass is 9.92. The number of hydrogen-bond acceptors (Lipinski definition) is 6. The van der Waals surface area contributed by atoms with Crippen LogP contribution in [-0.4, -0.2) is 97.9 Å². The van der Waals surface area contributed by atoms with E-state index in [2.05, 4.69) is 28.9 Å². The molecule has 12 nitrogen and oxygen atoms in total. The zero-order valence-electron chi connectivity index (χ0n) is 26.4. The van der Waals surface area contributed by atoms with Crippen molar-refractivity contribution in [2.75, 3.05) is 39.9 Å². The summed E-state index contributed by atoms with van der Waals surface area (Å²) in [6.07, 6.45) is 8.24. The van der Waals surface area contributed by atoms with Gasteiger partial charge in [-0.3, -0.25) is 14.6 Å². The lowest BCUT2D eigenvalue weighted by Crippen LogP contribution is -2.49. The first-order valence-electron chi connectivity index (χ1n) is 16.3. The molecule has 12 heteroatoms. The first kappa shape index (κ1) is 30.2. The molecule has 2 aliphatic heterocycles. The number of amides is 3. The van der Waals surface area contributed by atoms with Crippen molar-refractivity contribution in [1.29, 1.82) is 0 Å². The average Bonchev–Trinajstić information content (AvgIpc) is 3.73. The molecule has 46 heavy (non-hydrogen) atoms. The van der Waals surface area contributed by atoms with Crippen molar-refractivity contribution < 1.29 is 24.2 Å². The summed E-state index contributed by atoms with van der Waals surface area (Å²) >= 11 is 0. The van der Waals surface area contributed by atoms with Crippen molar-refractivity contribution in [3.63, 3.8) is 0 Å². The minimum atomic E-state index is -1.07. The van der Waals surface area contributed by atoms with Gasteiger partial charge in [-0.25, -0.2) is 9.31 Å². The van der Waals surface area contributed by atoms with Crippen molar-refractivity contribution >= 4 is 34.3 Å². The van der Waals surface area contributed by atoms with Gasteiger partial charge in [0, 0.05) is 75.1 Å². The molecule has 4 aromatic rings. The van der Waals surface area contributed by atoms with E-state index in [0.717, 1.165) is 71.3 Å². The van der Waals surface area contributed by atoms with E-state index in [1.165, 1.54) is 12.8 Å². The van der Waals surface area contributed by atoms with Gasteiger partial charge in [-0.05, 0) is 75.6 Å². The van der Waals surface area contributed by atoms with E-state index in [9.17, 15) is 14.4 Å². The van der Waals surface area contributed by atoms with Gasteiger partial charge in [0.1, 0.15) is 12.3 Å². The molecule has 3 aliphatic rings. The van der Waals surface area contributed by atoms with Gasteiger partial charge >= 0.3 is 6.09 Å². The third-order valence-corrected chi connectivity index (χ3v) is 9.88. The molecule has 1 saturated carbocycles. The van der Waals surface area contributed by atoms with E-state index in [-0.39, 0.29) is 30.4 Å². The van der Waals surface area contributed by atoms with Crippen LogP contribution in [-0.2, 0) is 16.1 Å². The second-order valence-electron chi connectivity index (χ2n) is 13.1. The van der Waals surface area contributed by atoms with Crippen LogP contribution in [0.5, 0.6) is 0 Å². The highest BCUT2D eigenvalue weighted by molar-refractivity contribution is 5.95. The fourth-order valence-electron chi connectivity index (χ4n) is 7.28. The molecule has 6 heterocycles. The second kappa shape index (κ2) is 12.4. The van der Waals surface area contributed by atoms with Gasteiger partial charge in [-0.1, -0.05) is 0 Å². The fraction of sp³-hybridized carbons (Fsp3) is 0.500. The van der Waals surface area contributed by atoms with Crippen molar-refractivity contribution in [3.05, 3.63) is 53.5 Å². The van der Waals surface area contributed by atoms with Crippen LogP contribution in [0.4, 0.5) is 4.79 Å². The number of carboxylic acid groups (broad SMARTS) is 1. The molecule has 2 saturated heterocycles. The van der Waals surface area contributed by atoms with Crippen molar-refractivity contribution in [3.8, 4) is 11.4 Å². The van der Waals surface area contributed by atoms with Gasteiger partial charge in [0.25, 0.3) is 5.91 Å². The Labute approximate surface area is 267 Å². The minimum Gasteiger partial charge on any atom is -0.465 e. The fourth-order valence-corrected chi connectivity index (χ4v) is 7.28. The first-order valence-corrected chi connectivity index (χ1v) is 16.3. The van der Waals surface area contributed by atoms with Gasteiger partial charge in [0.2, 0.25) is 5.91 Å². The Kier molecular flexibility index (Phi) is 8.14. The first-order chi connectivity index (χ1) is 22.3. The van der Waals surface area contributed by atoms with Crippen LogP contribution >= 0.6 is 0 Å². The number of pyridine rings is 2. The molecular formula is C34H41N7O5. The standard InChI is InChI=1S/C34H41N7O5/c1-21-27-8-7-25(33(43)39-13-3-4-26(19-39)36-34(44)45)18-41(27)37-30(21)28-16-24-9-12-35-31(32(24)40(28)17-22-5-6-22)23-10-14-38(15-11-23)29(42)20-46-2/h7-9,12,16,18,22-23,26,36H,3-6,10-11,13-15,17,19-20H2,1-2H3,(H,44,45). The minimum absolute atomic E-state index is 0.0361. The highest BCUT2D eigenvalue weighted by Gasteiger charge is 2.31. The lowest BCUT2D eigenvalue weighted by molar-refractivity contribution is -0.136. The van der Waals surface area contributed by atoms with Crippen molar-refractivity contribution in [2.24, 2.45) is 5.92 Å². The molecule has 1 aliphatic carbocycles. The maximum Gasteiger partial charge on any atom is 0.404 e. The summed E-state index contributed by atoms with van der Waals surface area (Å²) in [5.74, 6) is 0.796. The number of aromatic nitrogens is 4. The molecule has 0 aromatic carbocycles. The highest BCUT2D eigenvalue weighted by Crippen LogP contribution is 2.40. The Morgan fingerprint density at radius 3 is 2.59 bits per heavy atom. The van der Waals surface area contributed by atoms with E-state index in [1.807, 2.05) is 23.2 Å². The average molecular weight is 628 g/mol. The summed E-state index contributed by atoms with van der Waals surface area (Å²) < 4.78 is 9.29. The molecule has 2 N–H and O–H groups in total. The SMILES string of the molecule is COCC(=O)N1CCC(c2nccc3cc(-c4nn5cc(C(=O)N6CCCC(NC(=O)O)C6)ccc5c4C)n(CC4CC4)c23)CC1. The Morgan fingerprint density at radius 2 is 1.85 bits per heavy atom. The molecule has 4 aromatic heterocycles. The Morgan fingerprint density at radius 1 is 1.04 bits per heavy atom. The van der Waals surface area contributed by atoms with Crippen LogP contribution < -0.4 is 5.32 Å². The number of piperidine rings is 2. The number of nitrogens with zero attached hydrogens (tertiary/aromatic N) is 6. The number of likely N-dealkylation sites (tertiary alicyclic amines) is 2. The predicted molar refractivity (Wildman–Crippen MR) is 172 cm³/mol. The van der Waals surface area contributed by atoms with Crippen molar-refractivity contribution in [1.82, 2.24) is 34.3 Å². The molecule has 3 fully saturated rings. The molecule has 1 atom stereocenters. The van der Waals surface area contributed by atoms with E-state index in [1.54, 1.807) is 22.7 Å². The third kappa shape index (κ3) is 5.81. The molecule has 0 radical (unpaired) electrons. The molecule has 242 valence electrons. The van der Waals surface area contributed by atoms with E-state index in [4.69, 9.17) is 19.9 Å². The molecule has 0 spiro atoms. The number of carbonyl (C=O) groups excluding carboxylic acids is 2. The summed E-state index contributed by atoms with van der Waals surface area (Å²) in [7, 11) is 1.55. The van der Waals surface area contributed by atoms with Crippen LogP contribution in [0.1, 0.15) is 66.1 Å². The quantitative estimate of drug-likeness (QED) is 0.298. The zero-order chi connectivity index (χ0) is 31.9. The number of fused-ring (bicyclic) bond motifs is 2. The Bertz CT molecular complexity index is 1800. The van der Waals surface area contributed by atoms with Gasteiger partial charge < -0.3 is 29.5 Å².